The fourth-order valence-electron chi connectivity index (χ4n) is 3.97. The van der Waals surface area contributed by atoms with E-state index in [1.54, 1.807) is 11.8 Å². The van der Waals surface area contributed by atoms with Crippen molar-refractivity contribution in [3.63, 3.8) is 0 Å². The van der Waals surface area contributed by atoms with Crippen molar-refractivity contribution >= 4 is 23.2 Å². The van der Waals surface area contributed by atoms with Gasteiger partial charge < -0.3 is 14.8 Å². The highest BCUT2D eigenvalue weighted by atomic mass is 16.2. The van der Waals surface area contributed by atoms with E-state index in [0.29, 0.717) is 12.1 Å². The molecule has 28 heavy (non-hydrogen) atoms. The van der Waals surface area contributed by atoms with Gasteiger partial charge in [-0.2, -0.15) is 0 Å². The summed E-state index contributed by atoms with van der Waals surface area (Å²) in [6.07, 6.45) is 0.807. The number of nitrogens with zero attached hydrogens (tertiary/aromatic N) is 2. The van der Waals surface area contributed by atoms with E-state index in [1.807, 2.05) is 68.4 Å². The molecule has 2 amide bonds. The number of fused-ring (bicyclic) bond motifs is 1. The van der Waals surface area contributed by atoms with Gasteiger partial charge in [-0.1, -0.05) is 18.2 Å². The van der Waals surface area contributed by atoms with Crippen LogP contribution in [0.5, 0.6) is 0 Å². The summed E-state index contributed by atoms with van der Waals surface area (Å²) >= 11 is 0. The number of anilines is 2. The third-order valence-electron chi connectivity index (χ3n) is 5.30. The summed E-state index contributed by atoms with van der Waals surface area (Å²) in [5, 5.41) is 3.01. The molecule has 5 nitrogen and oxygen atoms in total. The van der Waals surface area contributed by atoms with E-state index in [9.17, 15) is 9.59 Å². The Hall–Kier alpha value is -3.34. The summed E-state index contributed by atoms with van der Waals surface area (Å²) < 4.78 is 2.09. The molecule has 0 unspecified atom stereocenters. The van der Waals surface area contributed by atoms with Crippen molar-refractivity contribution in [2.24, 2.45) is 0 Å². The number of carbonyl (C=O) groups excluding carboxylic acids is 2. The molecule has 2 aromatic carbocycles. The first-order valence-corrected chi connectivity index (χ1v) is 9.42. The molecule has 1 aromatic heterocycles. The first kappa shape index (κ1) is 18.0. The zero-order valence-corrected chi connectivity index (χ0v) is 16.3. The standard InChI is InChI=1S/C23H23N3O2/c1-15-13-21(16(2)26(15)20-7-5-4-6-8-20)23(28)24-19-9-10-22-18(14-19)11-12-25(22)17(3)27/h4-10,13-14H,11-12H2,1-3H3,(H,24,28). The predicted molar refractivity (Wildman–Crippen MR) is 111 cm³/mol. The van der Waals surface area contributed by atoms with Gasteiger partial charge in [0.25, 0.3) is 5.91 Å². The Bertz CT molecular complexity index is 1070. The van der Waals surface area contributed by atoms with Crippen molar-refractivity contribution in [1.82, 2.24) is 4.57 Å². The SMILES string of the molecule is CC(=O)N1CCc2cc(NC(=O)c3cc(C)n(-c4ccccc4)c3C)ccc21. The van der Waals surface area contributed by atoms with Crippen molar-refractivity contribution in [1.29, 1.82) is 0 Å². The van der Waals surface area contributed by atoms with E-state index < -0.39 is 0 Å². The van der Waals surface area contributed by atoms with Crippen LogP contribution < -0.4 is 10.2 Å². The molecule has 0 radical (unpaired) electrons. The fraction of sp³-hybridized carbons (Fsp3) is 0.217. The molecular weight excluding hydrogens is 350 g/mol. The maximum atomic E-state index is 12.9. The van der Waals surface area contributed by atoms with Crippen LogP contribution in [0.3, 0.4) is 0 Å². The van der Waals surface area contributed by atoms with E-state index in [1.165, 1.54) is 0 Å². The molecule has 0 aliphatic carbocycles. The van der Waals surface area contributed by atoms with E-state index in [0.717, 1.165) is 40.4 Å². The Labute approximate surface area is 164 Å². The van der Waals surface area contributed by atoms with Crippen LogP contribution in [0.2, 0.25) is 0 Å². The highest BCUT2D eigenvalue weighted by molar-refractivity contribution is 6.05. The Morgan fingerprint density at radius 2 is 1.75 bits per heavy atom. The Morgan fingerprint density at radius 3 is 2.46 bits per heavy atom. The summed E-state index contributed by atoms with van der Waals surface area (Å²) in [4.78, 5) is 26.4. The molecule has 1 aliphatic heterocycles. The van der Waals surface area contributed by atoms with Crippen molar-refractivity contribution in [3.05, 3.63) is 77.1 Å². The first-order valence-electron chi connectivity index (χ1n) is 9.42. The fourth-order valence-corrected chi connectivity index (χ4v) is 3.97. The van der Waals surface area contributed by atoms with Gasteiger partial charge in [-0.3, -0.25) is 9.59 Å². The second-order valence-corrected chi connectivity index (χ2v) is 7.17. The first-order chi connectivity index (χ1) is 13.5. The molecule has 142 valence electrons. The lowest BCUT2D eigenvalue weighted by atomic mass is 10.1. The molecule has 2 heterocycles. The average Bonchev–Trinajstić information content (AvgIpc) is 3.22. The highest BCUT2D eigenvalue weighted by Gasteiger charge is 2.23. The van der Waals surface area contributed by atoms with E-state index in [-0.39, 0.29) is 11.8 Å². The number of hydrogen-bond donors (Lipinski definition) is 1. The quantitative estimate of drug-likeness (QED) is 0.746. The number of hydrogen-bond acceptors (Lipinski definition) is 2. The topological polar surface area (TPSA) is 54.3 Å². The minimum atomic E-state index is -0.128. The summed E-state index contributed by atoms with van der Waals surface area (Å²) in [5.41, 5.74) is 6.39. The van der Waals surface area contributed by atoms with Crippen LogP contribution in [0.15, 0.2) is 54.6 Å². The van der Waals surface area contributed by atoms with Crippen LogP contribution >= 0.6 is 0 Å². The third-order valence-corrected chi connectivity index (χ3v) is 5.30. The third kappa shape index (κ3) is 3.09. The van der Waals surface area contributed by atoms with Crippen LogP contribution in [-0.4, -0.2) is 22.9 Å². The molecule has 1 N–H and O–H groups in total. The van der Waals surface area contributed by atoms with Gasteiger partial charge in [-0.25, -0.2) is 0 Å². The molecule has 0 spiro atoms. The number of carbonyl (C=O) groups is 2. The second-order valence-electron chi connectivity index (χ2n) is 7.17. The molecule has 5 heteroatoms. The number of benzene rings is 2. The zero-order chi connectivity index (χ0) is 19.8. The molecule has 0 bridgehead atoms. The lowest BCUT2D eigenvalue weighted by Gasteiger charge is -2.15. The van der Waals surface area contributed by atoms with Crippen LogP contribution in [0.25, 0.3) is 5.69 Å². The van der Waals surface area contributed by atoms with Crippen LogP contribution in [0, 0.1) is 13.8 Å². The summed E-state index contributed by atoms with van der Waals surface area (Å²) in [7, 11) is 0. The van der Waals surface area contributed by atoms with Gasteiger partial charge in [0.15, 0.2) is 0 Å². The Morgan fingerprint density at radius 1 is 1.00 bits per heavy atom. The van der Waals surface area contributed by atoms with Gasteiger partial charge in [-0.15, -0.1) is 0 Å². The number of rotatable bonds is 3. The maximum absolute atomic E-state index is 12.9. The van der Waals surface area contributed by atoms with Crippen molar-refractivity contribution in [2.45, 2.75) is 27.2 Å². The zero-order valence-electron chi connectivity index (χ0n) is 16.3. The molecule has 1 aliphatic rings. The van der Waals surface area contributed by atoms with Crippen molar-refractivity contribution in [2.75, 3.05) is 16.8 Å². The summed E-state index contributed by atoms with van der Waals surface area (Å²) in [6, 6.07) is 17.7. The smallest absolute Gasteiger partial charge is 0.257 e. The normalized spacial score (nSPS) is 12.8. The molecular formula is C23H23N3O2. The number of aromatic nitrogens is 1. The van der Waals surface area contributed by atoms with Gasteiger partial charge >= 0.3 is 0 Å². The Balaban J connectivity index is 1.60. The van der Waals surface area contributed by atoms with Crippen LogP contribution in [0.4, 0.5) is 11.4 Å². The monoisotopic (exact) mass is 373 g/mol. The second kappa shape index (κ2) is 7.00. The predicted octanol–water partition coefficient (Wildman–Crippen LogP) is 4.26. The van der Waals surface area contributed by atoms with E-state index in [4.69, 9.17) is 0 Å². The van der Waals surface area contributed by atoms with E-state index >= 15 is 0 Å². The number of aryl methyl sites for hydroxylation is 1. The van der Waals surface area contributed by atoms with Crippen LogP contribution in [0.1, 0.15) is 34.2 Å². The lowest BCUT2D eigenvalue weighted by Crippen LogP contribution is -2.25. The Kier molecular flexibility index (Phi) is 4.51. The molecule has 3 aromatic rings. The summed E-state index contributed by atoms with van der Waals surface area (Å²) in [5.74, 6) is -0.0828. The van der Waals surface area contributed by atoms with Crippen LogP contribution in [-0.2, 0) is 11.2 Å². The van der Waals surface area contributed by atoms with Gasteiger partial charge in [-0.05, 0) is 62.2 Å². The molecule has 0 fully saturated rings. The van der Waals surface area contributed by atoms with Gasteiger partial charge in [0.1, 0.15) is 0 Å². The van der Waals surface area contributed by atoms with E-state index in [2.05, 4.69) is 9.88 Å². The minimum Gasteiger partial charge on any atom is -0.322 e. The lowest BCUT2D eigenvalue weighted by molar-refractivity contribution is -0.116. The minimum absolute atomic E-state index is 0.0453. The molecule has 0 saturated carbocycles. The van der Waals surface area contributed by atoms with Gasteiger partial charge in [0.05, 0.1) is 5.56 Å². The van der Waals surface area contributed by atoms with Crippen molar-refractivity contribution < 1.29 is 9.59 Å². The molecule has 0 saturated heterocycles. The highest BCUT2D eigenvalue weighted by Crippen LogP contribution is 2.31. The van der Waals surface area contributed by atoms with Gasteiger partial charge in [0, 0.05) is 41.9 Å². The number of nitrogens with one attached hydrogen (secondary N) is 1. The number of amides is 2. The average molecular weight is 373 g/mol. The maximum Gasteiger partial charge on any atom is 0.257 e. The number of para-hydroxylation sites is 1. The molecule has 0 atom stereocenters. The summed E-state index contributed by atoms with van der Waals surface area (Å²) in [6.45, 7) is 6.23. The van der Waals surface area contributed by atoms with Crippen molar-refractivity contribution in [3.8, 4) is 5.69 Å². The van der Waals surface area contributed by atoms with Gasteiger partial charge in [0.2, 0.25) is 5.91 Å². The largest absolute Gasteiger partial charge is 0.322 e. The molecule has 4 rings (SSSR count).